The Morgan fingerprint density at radius 3 is 2.30 bits per heavy atom. The van der Waals surface area contributed by atoms with E-state index in [4.69, 9.17) is 5.11 Å². The lowest BCUT2D eigenvalue weighted by Gasteiger charge is -2.28. The molecule has 0 spiro atoms. The summed E-state index contributed by atoms with van der Waals surface area (Å²) in [5.41, 5.74) is 0. The van der Waals surface area contributed by atoms with Crippen molar-refractivity contribution in [3.8, 4) is 0 Å². The van der Waals surface area contributed by atoms with Crippen LogP contribution in [0.15, 0.2) is 0 Å². The second kappa shape index (κ2) is 3.63. The van der Waals surface area contributed by atoms with Crippen molar-refractivity contribution in [3.63, 3.8) is 0 Å². The third-order valence-electron chi connectivity index (χ3n) is 2.14. The Hall–Kier alpha value is 0.310. The molecule has 1 nitrogen and oxygen atoms in total. The number of rotatable bonds is 3. The highest BCUT2D eigenvalue weighted by Crippen LogP contribution is 2.34. The van der Waals surface area contributed by atoms with E-state index < -0.39 is 0 Å². The maximum Gasteiger partial charge on any atom is 0.0628 e. The average Bonchev–Trinajstić information content (AvgIpc) is 1.77. The summed E-state index contributed by atoms with van der Waals surface area (Å²) >= 11 is 1.94. The normalized spacial score (nSPS) is 25.5. The summed E-state index contributed by atoms with van der Waals surface area (Å²) in [5, 5.41) is 10.4. The van der Waals surface area contributed by atoms with Crippen LogP contribution in [0.1, 0.15) is 33.1 Å². The molecule has 0 bridgehead atoms. The van der Waals surface area contributed by atoms with Crippen LogP contribution < -0.4 is 0 Å². The number of aliphatic hydroxyl groups excluding tert-OH is 1. The van der Waals surface area contributed by atoms with Crippen LogP contribution in [0.4, 0.5) is 0 Å². The van der Waals surface area contributed by atoms with Gasteiger partial charge in [-0.1, -0.05) is 13.3 Å². The molecule has 10 heavy (non-hydrogen) atoms. The van der Waals surface area contributed by atoms with E-state index in [1.807, 2.05) is 18.7 Å². The predicted octanol–water partition coefficient (Wildman–Crippen LogP) is 2.04. The van der Waals surface area contributed by atoms with Gasteiger partial charge in [0.25, 0.3) is 0 Å². The molecular formula is C8H16OS. The third-order valence-corrected chi connectivity index (χ3v) is 3.82. The van der Waals surface area contributed by atoms with E-state index in [1.54, 1.807) is 0 Å². The zero-order chi connectivity index (χ0) is 7.56. The Labute approximate surface area is 67.2 Å². The van der Waals surface area contributed by atoms with Crippen LogP contribution in [-0.2, 0) is 0 Å². The fraction of sp³-hybridized carbons (Fsp3) is 1.00. The van der Waals surface area contributed by atoms with Crippen LogP contribution in [0, 0.1) is 0 Å². The number of aliphatic hydroxyl groups is 1. The van der Waals surface area contributed by atoms with Gasteiger partial charge in [-0.2, -0.15) is 11.8 Å². The van der Waals surface area contributed by atoms with Crippen molar-refractivity contribution in [1.29, 1.82) is 0 Å². The van der Waals surface area contributed by atoms with Crippen molar-refractivity contribution >= 4 is 11.8 Å². The molecule has 2 atom stereocenters. The molecule has 0 aliphatic heterocycles. The van der Waals surface area contributed by atoms with E-state index >= 15 is 0 Å². The molecule has 1 aliphatic carbocycles. The zero-order valence-electron chi connectivity index (χ0n) is 6.71. The monoisotopic (exact) mass is 160 g/mol. The fourth-order valence-electron chi connectivity index (χ4n) is 0.924. The molecule has 1 aliphatic rings. The van der Waals surface area contributed by atoms with Gasteiger partial charge in [-0.25, -0.2) is 0 Å². The molecule has 0 heterocycles. The highest BCUT2D eigenvalue weighted by molar-refractivity contribution is 8.00. The highest BCUT2D eigenvalue weighted by atomic mass is 32.2. The first-order valence-corrected chi connectivity index (χ1v) is 4.98. The van der Waals surface area contributed by atoms with Crippen molar-refractivity contribution in [1.82, 2.24) is 0 Å². The van der Waals surface area contributed by atoms with Crippen LogP contribution in [0.3, 0.4) is 0 Å². The summed E-state index contributed by atoms with van der Waals surface area (Å²) in [7, 11) is 0. The molecule has 0 saturated heterocycles. The van der Waals surface area contributed by atoms with Gasteiger partial charge in [0.1, 0.15) is 0 Å². The molecule has 0 aromatic carbocycles. The van der Waals surface area contributed by atoms with Gasteiger partial charge < -0.3 is 5.11 Å². The van der Waals surface area contributed by atoms with Gasteiger partial charge in [0.15, 0.2) is 0 Å². The standard InChI is InChI=1S/C8H16OS/c1-6(9)7(2)10-8-4-3-5-8/h6-9H,3-5H2,1-2H3. The molecule has 0 radical (unpaired) electrons. The Bertz CT molecular complexity index is 99.4. The van der Waals surface area contributed by atoms with Crippen molar-refractivity contribution in [2.75, 3.05) is 0 Å². The number of hydrogen-bond donors (Lipinski definition) is 1. The van der Waals surface area contributed by atoms with Crippen LogP contribution in [0.2, 0.25) is 0 Å². The fourth-order valence-corrected chi connectivity index (χ4v) is 2.36. The van der Waals surface area contributed by atoms with E-state index in [0.717, 1.165) is 5.25 Å². The quantitative estimate of drug-likeness (QED) is 0.682. The third kappa shape index (κ3) is 2.17. The molecule has 1 N–H and O–H groups in total. The lowest BCUT2D eigenvalue weighted by molar-refractivity contribution is 0.196. The Kier molecular flexibility index (Phi) is 3.05. The molecule has 0 aromatic heterocycles. The molecule has 2 heteroatoms. The van der Waals surface area contributed by atoms with Gasteiger partial charge >= 0.3 is 0 Å². The average molecular weight is 160 g/mol. The minimum absolute atomic E-state index is 0.148. The summed E-state index contributed by atoms with van der Waals surface area (Å²) in [6, 6.07) is 0. The van der Waals surface area contributed by atoms with Crippen molar-refractivity contribution in [2.45, 2.75) is 49.7 Å². The molecule has 60 valence electrons. The Morgan fingerprint density at radius 2 is 2.00 bits per heavy atom. The molecule has 2 unspecified atom stereocenters. The topological polar surface area (TPSA) is 20.2 Å². The largest absolute Gasteiger partial charge is 0.392 e. The van der Waals surface area contributed by atoms with Crippen LogP contribution in [-0.4, -0.2) is 21.7 Å². The maximum absolute atomic E-state index is 9.17. The van der Waals surface area contributed by atoms with Crippen LogP contribution in [0.5, 0.6) is 0 Å². The van der Waals surface area contributed by atoms with E-state index in [0.29, 0.717) is 5.25 Å². The SMILES string of the molecule is CC(O)C(C)SC1CCC1. The molecular weight excluding hydrogens is 144 g/mol. The van der Waals surface area contributed by atoms with Crippen LogP contribution in [0.25, 0.3) is 0 Å². The lowest BCUT2D eigenvalue weighted by atomic mass is 10.00. The molecule has 1 rings (SSSR count). The van der Waals surface area contributed by atoms with Gasteiger partial charge in [-0.05, 0) is 19.8 Å². The second-order valence-corrected chi connectivity index (χ2v) is 4.82. The second-order valence-electron chi connectivity index (χ2n) is 3.13. The van der Waals surface area contributed by atoms with Crippen molar-refractivity contribution in [2.24, 2.45) is 0 Å². The van der Waals surface area contributed by atoms with Gasteiger partial charge in [-0.3, -0.25) is 0 Å². The van der Waals surface area contributed by atoms with Gasteiger partial charge in [0.2, 0.25) is 0 Å². The maximum atomic E-state index is 9.17. The number of thioether (sulfide) groups is 1. The molecule has 1 fully saturated rings. The van der Waals surface area contributed by atoms with E-state index in [1.165, 1.54) is 19.3 Å². The smallest absolute Gasteiger partial charge is 0.0628 e. The summed E-state index contributed by atoms with van der Waals surface area (Å²) in [6.45, 7) is 3.98. The molecule has 0 aromatic rings. The lowest BCUT2D eigenvalue weighted by Crippen LogP contribution is -2.23. The Balaban J connectivity index is 2.10. The minimum atomic E-state index is -0.148. The summed E-state index contributed by atoms with van der Waals surface area (Å²) < 4.78 is 0. The van der Waals surface area contributed by atoms with Gasteiger partial charge in [-0.15, -0.1) is 0 Å². The first kappa shape index (κ1) is 8.41. The zero-order valence-corrected chi connectivity index (χ0v) is 7.53. The van der Waals surface area contributed by atoms with E-state index in [9.17, 15) is 0 Å². The van der Waals surface area contributed by atoms with Gasteiger partial charge in [0, 0.05) is 10.5 Å². The highest BCUT2D eigenvalue weighted by Gasteiger charge is 2.22. The van der Waals surface area contributed by atoms with Gasteiger partial charge in [0.05, 0.1) is 6.10 Å². The first-order valence-electron chi connectivity index (χ1n) is 4.03. The summed E-state index contributed by atoms with van der Waals surface area (Å²) in [5.74, 6) is 0. The molecule has 1 saturated carbocycles. The van der Waals surface area contributed by atoms with E-state index in [-0.39, 0.29) is 6.10 Å². The van der Waals surface area contributed by atoms with E-state index in [2.05, 4.69) is 6.92 Å². The molecule has 0 amide bonds. The Morgan fingerprint density at radius 1 is 1.40 bits per heavy atom. The number of hydrogen-bond acceptors (Lipinski definition) is 2. The summed E-state index contributed by atoms with van der Waals surface area (Å²) in [6.07, 6.45) is 3.97. The van der Waals surface area contributed by atoms with Crippen LogP contribution >= 0.6 is 11.8 Å². The first-order chi connectivity index (χ1) is 4.70. The van der Waals surface area contributed by atoms with Crippen molar-refractivity contribution < 1.29 is 5.11 Å². The van der Waals surface area contributed by atoms with Crippen molar-refractivity contribution in [3.05, 3.63) is 0 Å². The predicted molar refractivity (Wildman–Crippen MR) is 46.4 cm³/mol. The minimum Gasteiger partial charge on any atom is -0.392 e. The summed E-state index contributed by atoms with van der Waals surface area (Å²) in [4.78, 5) is 0.